The molecule has 0 unspecified atom stereocenters. The third kappa shape index (κ3) is 2.97. The summed E-state index contributed by atoms with van der Waals surface area (Å²) in [6.07, 6.45) is 1.03. The largest absolute Gasteiger partial charge is 0.335 e. The van der Waals surface area contributed by atoms with Gasteiger partial charge in [-0.1, -0.05) is 18.2 Å². The lowest BCUT2D eigenvalue weighted by molar-refractivity contribution is -0.143. The molecule has 5 nitrogen and oxygen atoms in total. The molecule has 0 aromatic heterocycles. The highest BCUT2D eigenvalue weighted by Gasteiger charge is 2.44. The third-order valence-corrected chi connectivity index (χ3v) is 5.27. The second-order valence-electron chi connectivity index (χ2n) is 6.87. The number of amides is 1. The van der Waals surface area contributed by atoms with Crippen LogP contribution in [-0.2, 0) is 11.3 Å². The summed E-state index contributed by atoms with van der Waals surface area (Å²) in [6.45, 7) is 4.37. The molecule has 0 radical (unpaired) electrons. The number of rotatable bonds is 3. The summed E-state index contributed by atoms with van der Waals surface area (Å²) in [5.74, 6) is 0.222. The molecule has 0 N–H and O–H groups in total. The molecule has 5 heteroatoms. The van der Waals surface area contributed by atoms with Crippen LogP contribution in [0.1, 0.15) is 24.5 Å². The minimum atomic E-state index is -0.126. The van der Waals surface area contributed by atoms with E-state index in [2.05, 4.69) is 34.9 Å². The molecule has 2 aliphatic rings. The van der Waals surface area contributed by atoms with E-state index < -0.39 is 0 Å². The molecular weight excluding hydrogens is 288 g/mol. The molecule has 23 heavy (non-hydrogen) atoms. The highest BCUT2D eigenvalue weighted by atomic mass is 16.2. The predicted molar refractivity (Wildman–Crippen MR) is 88.6 cm³/mol. The fourth-order valence-electron chi connectivity index (χ4n) is 3.72. The zero-order valence-corrected chi connectivity index (χ0v) is 14.1. The van der Waals surface area contributed by atoms with Crippen LogP contribution >= 0.6 is 0 Å². The third-order valence-electron chi connectivity index (χ3n) is 5.27. The molecule has 1 aromatic rings. The van der Waals surface area contributed by atoms with E-state index in [1.807, 2.05) is 31.2 Å². The number of hydrogen-bond acceptors (Lipinski definition) is 4. The van der Waals surface area contributed by atoms with Crippen molar-refractivity contribution in [3.05, 3.63) is 35.4 Å². The fraction of sp³-hybridized carbons (Fsp3) is 0.556. The number of carbonyl (C=O) groups excluding carboxylic acids is 1. The van der Waals surface area contributed by atoms with Gasteiger partial charge < -0.3 is 9.80 Å². The Balaban J connectivity index is 1.77. The van der Waals surface area contributed by atoms with Crippen LogP contribution in [0.4, 0.5) is 0 Å². The average molecular weight is 312 g/mol. The zero-order valence-electron chi connectivity index (χ0n) is 14.1. The lowest BCUT2D eigenvalue weighted by Crippen LogP contribution is -2.58. The lowest BCUT2D eigenvalue weighted by Gasteiger charge is -2.41. The van der Waals surface area contributed by atoms with Crippen molar-refractivity contribution in [3.63, 3.8) is 0 Å². The van der Waals surface area contributed by atoms with Gasteiger partial charge in [-0.3, -0.25) is 9.69 Å². The van der Waals surface area contributed by atoms with Gasteiger partial charge in [0, 0.05) is 31.7 Å². The van der Waals surface area contributed by atoms with Crippen LogP contribution in [0.25, 0.3) is 0 Å². The summed E-state index contributed by atoms with van der Waals surface area (Å²) >= 11 is 0. The van der Waals surface area contributed by atoms with Gasteiger partial charge in [0.15, 0.2) is 0 Å². The van der Waals surface area contributed by atoms with E-state index in [1.165, 1.54) is 0 Å². The Morgan fingerprint density at radius 3 is 2.74 bits per heavy atom. The van der Waals surface area contributed by atoms with Gasteiger partial charge in [0.25, 0.3) is 0 Å². The summed E-state index contributed by atoms with van der Waals surface area (Å²) in [5.41, 5.74) is 1.71. The Kier molecular flexibility index (Phi) is 4.38. The van der Waals surface area contributed by atoms with Crippen molar-refractivity contribution >= 4 is 5.91 Å². The van der Waals surface area contributed by atoms with Crippen LogP contribution in [0, 0.1) is 11.3 Å². The second-order valence-corrected chi connectivity index (χ2v) is 6.87. The van der Waals surface area contributed by atoms with Crippen molar-refractivity contribution in [3.8, 4) is 6.07 Å². The number of nitrogens with zero attached hydrogens (tertiary/aromatic N) is 4. The summed E-state index contributed by atoms with van der Waals surface area (Å²) in [6, 6.07) is 10.5. The molecule has 2 fully saturated rings. The van der Waals surface area contributed by atoms with Crippen molar-refractivity contribution in [2.45, 2.75) is 38.0 Å². The maximum Gasteiger partial charge on any atom is 0.240 e. The maximum atomic E-state index is 12.7. The Morgan fingerprint density at radius 2 is 2.04 bits per heavy atom. The van der Waals surface area contributed by atoms with E-state index in [0.717, 1.165) is 25.1 Å². The van der Waals surface area contributed by atoms with Crippen LogP contribution in [0.5, 0.6) is 0 Å². The number of nitriles is 1. The first-order valence-corrected chi connectivity index (χ1v) is 8.20. The van der Waals surface area contributed by atoms with Crippen LogP contribution in [0.3, 0.4) is 0 Å². The lowest BCUT2D eigenvalue weighted by atomic mass is 10.0. The molecule has 0 spiro atoms. The van der Waals surface area contributed by atoms with Gasteiger partial charge in [0.05, 0.1) is 17.7 Å². The number of likely N-dealkylation sites (N-methyl/N-ethyl adjacent to an activating group) is 1. The molecule has 0 bridgehead atoms. The summed E-state index contributed by atoms with van der Waals surface area (Å²) in [4.78, 5) is 19.2. The smallest absolute Gasteiger partial charge is 0.240 e. The standard InChI is InChI=1S/C18H24N4O/c1-13-18(23)22-12-16(20(2)3)8-17(22)11-21(13)10-15-7-5-4-6-14(15)9-19/h4-7,13,16-17H,8,10-12H2,1-3H3/t13-,16-,17-/m0/s1. The van der Waals surface area contributed by atoms with Gasteiger partial charge >= 0.3 is 0 Å². The van der Waals surface area contributed by atoms with Gasteiger partial charge in [-0.25, -0.2) is 0 Å². The Hall–Kier alpha value is -1.90. The number of fused-ring (bicyclic) bond motifs is 1. The quantitative estimate of drug-likeness (QED) is 0.844. The SMILES string of the molecule is C[C@H]1C(=O)N2C[C@@H](N(C)C)C[C@H]2CN1Cc1ccccc1C#N. The van der Waals surface area contributed by atoms with E-state index in [4.69, 9.17) is 0 Å². The molecule has 122 valence electrons. The van der Waals surface area contributed by atoms with Gasteiger partial charge in [0.1, 0.15) is 0 Å². The Bertz CT molecular complexity index is 636. The molecular formula is C18H24N4O. The van der Waals surface area contributed by atoms with Crippen molar-refractivity contribution in [2.24, 2.45) is 0 Å². The monoisotopic (exact) mass is 312 g/mol. The number of benzene rings is 1. The van der Waals surface area contributed by atoms with E-state index in [1.54, 1.807) is 0 Å². The van der Waals surface area contributed by atoms with Crippen molar-refractivity contribution in [1.29, 1.82) is 5.26 Å². The molecule has 1 amide bonds. The maximum absolute atomic E-state index is 12.7. The van der Waals surface area contributed by atoms with Crippen LogP contribution in [-0.4, -0.2) is 65.9 Å². The van der Waals surface area contributed by atoms with Crippen LogP contribution in [0.15, 0.2) is 24.3 Å². The normalized spacial score (nSPS) is 28.0. The minimum absolute atomic E-state index is 0.126. The minimum Gasteiger partial charge on any atom is -0.335 e. The van der Waals surface area contributed by atoms with Gasteiger partial charge in [-0.05, 0) is 39.1 Å². The van der Waals surface area contributed by atoms with Gasteiger partial charge in [-0.2, -0.15) is 5.26 Å². The highest BCUT2D eigenvalue weighted by Crippen LogP contribution is 2.29. The van der Waals surface area contributed by atoms with Gasteiger partial charge in [0.2, 0.25) is 5.91 Å². The Morgan fingerprint density at radius 1 is 1.30 bits per heavy atom. The molecule has 2 heterocycles. The number of carbonyl (C=O) groups is 1. The van der Waals surface area contributed by atoms with Crippen molar-refractivity contribution in [1.82, 2.24) is 14.7 Å². The van der Waals surface area contributed by atoms with Gasteiger partial charge in [-0.15, -0.1) is 0 Å². The molecule has 2 aliphatic heterocycles. The zero-order chi connectivity index (χ0) is 16.6. The average Bonchev–Trinajstić information content (AvgIpc) is 2.97. The summed E-state index contributed by atoms with van der Waals surface area (Å²) in [5, 5.41) is 9.26. The first-order chi connectivity index (χ1) is 11.0. The molecule has 3 rings (SSSR count). The van der Waals surface area contributed by atoms with E-state index in [9.17, 15) is 10.1 Å². The second kappa shape index (κ2) is 6.31. The van der Waals surface area contributed by atoms with Crippen LogP contribution < -0.4 is 0 Å². The number of piperazine rings is 1. The van der Waals surface area contributed by atoms with Crippen LogP contribution in [0.2, 0.25) is 0 Å². The Labute approximate surface area is 138 Å². The van der Waals surface area contributed by atoms with Crippen molar-refractivity contribution < 1.29 is 4.79 Å². The highest BCUT2D eigenvalue weighted by molar-refractivity contribution is 5.83. The summed E-state index contributed by atoms with van der Waals surface area (Å²) < 4.78 is 0. The van der Waals surface area contributed by atoms with Crippen molar-refractivity contribution in [2.75, 3.05) is 27.2 Å². The predicted octanol–water partition coefficient (Wildman–Crippen LogP) is 1.29. The molecule has 0 saturated carbocycles. The molecule has 0 aliphatic carbocycles. The molecule has 2 saturated heterocycles. The topological polar surface area (TPSA) is 50.6 Å². The van der Waals surface area contributed by atoms with E-state index in [0.29, 0.717) is 24.2 Å². The van der Waals surface area contributed by atoms with E-state index >= 15 is 0 Å². The fourth-order valence-corrected chi connectivity index (χ4v) is 3.72. The first-order valence-electron chi connectivity index (χ1n) is 8.20. The first kappa shape index (κ1) is 16.0. The van der Waals surface area contributed by atoms with E-state index in [-0.39, 0.29) is 11.9 Å². The summed E-state index contributed by atoms with van der Waals surface area (Å²) in [7, 11) is 4.16. The molecule has 1 aromatic carbocycles. The molecule has 3 atom stereocenters. The number of hydrogen-bond donors (Lipinski definition) is 0.